The Kier molecular flexibility index (Phi) is 4.12. The molecule has 0 radical (unpaired) electrons. The molecule has 0 saturated heterocycles. The molecule has 20 heavy (non-hydrogen) atoms. The van der Waals surface area contributed by atoms with Gasteiger partial charge >= 0.3 is 6.18 Å². The van der Waals surface area contributed by atoms with E-state index in [1.807, 2.05) is 0 Å². The molecule has 0 heterocycles. The number of alkyl halides is 3. The maximum Gasteiger partial charge on any atom is 0.416 e. The van der Waals surface area contributed by atoms with E-state index in [0.29, 0.717) is 0 Å². The normalized spacial score (nSPS) is 24.7. The molecule has 2 atom stereocenters. The summed E-state index contributed by atoms with van der Waals surface area (Å²) < 4.78 is 38.2. The third-order valence-electron chi connectivity index (χ3n) is 4.23. The lowest BCUT2D eigenvalue weighted by atomic mass is 9.80. The molecule has 0 aliphatic heterocycles. The minimum Gasteiger partial charge on any atom is -0.217 e. The van der Waals surface area contributed by atoms with Crippen LogP contribution in [0.25, 0.3) is 0 Å². The van der Waals surface area contributed by atoms with E-state index in [1.54, 1.807) is 20.2 Å². The summed E-state index contributed by atoms with van der Waals surface area (Å²) in [5, 5.41) is 10.0. The van der Waals surface area contributed by atoms with Gasteiger partial charge in [0.2, 0.25) is 0 Å². The highest BCUT2D eigenvalue weighted by Gasteiger charge is 2.35. The molecule has 1 N–H and O–H groups in total. The molecule has 0 spiro atoms. The zero-order chi connectivity index (χ0) is 15.0. The van der Waals surface area contributed by atoms with Crippen LogP contribution < -0.4 is 0 Å². The number of hydroxylamine groups is 3. The molecule has 2 nitrogen and oxygen atoms in total. The van der Waals surface area contributed by atoms with Gasteiger partial charge in [0.1, 0.15) is 6.04 Å². The van der Waals surface area contributed by atoms with Gasteiger partial charge in [0.05, 0.1) is 19.7 Å². The number of benzene rings is 1. The fourth-order valence-electron chi connectivity index (χ4n) is 3.01. The number of hydrogen-bond acceptors (Lipinski definition) is 1. The molecular weight excluding hydrogens is 267 g/mol. The lowest BCUT2D eigenvalue weighted by molar-refractivity contribution is -1.09. The highest BCUT2D eigenvalue weighted by molar-refractivity contribution is 5.28. The molecule has 1 aliphatic rings. The minimum absolute atomic E-state index is 0.0864. The van der Waals surface area contributed by atoms with Crippen molar-refractivity contribution >= 4 is 0 Å². The zero-order valence-corrected chi connectivity index (χ0v) is 11.8. The fourth-order valence-corrected chi connectivity index (χ4v) is 3.01. The lowest BCUT2D eigenvalue weighted by Gasteiger charge is -2.36. The van der Waals surface area contributed by atoms with Crippen LogP contribution in [0.15, 0.2) is 24.3 Å². The second-order valence-electron chi connectivity index (χ2n) is 6.12. The van der Waals surface area contributed by atoms with Crippen molar-refractivity contribution in [3.63, 3.8) is 0 Å². The summed E-state index contributed by atoms with van der Waals surface area (Å²) in [5.74, 6) is 0.0978. The van der Waals surface area contributed by atoms with Gasteiger partial charge in [0.25, 0.3) is 0 Å². The number of halogens is 3. The Hall–Kier alpha value is -1.07. The summed E-state index contributed by atoms with van der Waals surface area (Å²) in [6.45, 7) is 0. The van der Waals surface area contributed by atoms with Crippen LogP contribution in [0.3, 0.4) is 0 Å². The van der Waals surface area contributed by atoms with E-state index >= 15 is 0 Å². The number of nitrogens with zero attached hydrogens (tertiary/aromatic N) is 1. The Labute approximate surface area is 117 Å². The van der Waals surface area contributed by atoms with Crippen LogP contribution in [0.4, 0.5) is 13.2 Å². The Morgan fingerprint density at radius 2 is 1.90 bits per heavy atom. The molecule has 5 heteroatoms. The summed E-state index contributed by atoms with van der Waals surface area (Å²) in [5.41, 5.74) is 0.146. The Morgan fingerprint density at radius 1 is 1.20 bits per heavy atom. The van der Waals surface area contributed by atoms with Crippen molar-refractivity contribution < 1.29 is 23.0 Å². The van der Waals surface area contributed by atoms with Crippen molar-refractivity contribution in [1.82, 2.24) is 0 Å². The van der Waals surface area contributed by atoms with E-state index in [9.17, 15) is 18.4 Å². The molecule has 0 bridgehead atoms. The van der Waals surface area contributed by atoms with Crippen molar-refractivity contribution in [1.29, 1.82) is 0 Å². The Balaban J connectivity index is 2.19. The van der Waals surface area contributed by atoms with Crippen LogP contribution in [0, 0.1) is 0 Å². The largest absolute Gasteiger partial charge is 0.416 e. The van der Waals surface area contributed by atoms with Gasteiger partial charge in [0.15, 0.2) is 0 Å². The summed E-state index contributed by atoms with van der Waals surface area (Å²) in [6.07, 6.45) is -0.828. The first kappa shape index (κ1) is 15.3. The lowest BCUT2D eigenvalue weighted by Crippen LogP contribution is -2.47. The minimum atomic E-state index is -4.30. The summed E-state index contributed by atoms with van der Waals surface area (Å²) in [6, 6.07) is 5.68. The molecule has 1 fully saturated rings. The number of quaternary nitrogens is 1. The molecule has 1 saturated carbocycles. The fraction of sp³-hybridized carbons (Fsp3) is 0.600. The van der Waals surface area contributed by atoms with Gasteiger partial charge in [-0.05, 0) is 30.4 Å². The first-order valence-electron chi connectivity index (χ1n) is 6.91. The first-order valence-corrected chi connectivity index (χ1v) is 6.91. The smallest absolute Gasteiger partial charge is 0.217 e. The molecule has 1 unspecified atom stereocenters. The average molecular weight is 288 g/mol. The molecule has 0 amide bonds. The third-order valence-corrected chi connectivity index (χ3v) is 4.23. The SMILES string of the molecule is C[N+](C)(O)[C@@H]1CCCC(c2cccc(C(F)(F)F)c2)C1. The number of rotatable bonds is 2. The van der Waals surface area contributed by atoms with Crippen molar-refractivity contribution in [3.05, 3.63) is 35.4 Å². The molecule has 1 aromatic rings. The van der Waals surface area contributed by atoms with Gasteiger partial charge in [-0.3, -0.25) is 0 Å². The first-order chi connectivity index (χ1) is 9.18. The third kappa shape index (κ3) is 3.52. The maximum absolute atomic E-state index is 12.8. The average Bonchev–Trinajstić information content (AvgIpc) is 2.37. The van der Waals surface area contributed by atoms with Crippen LogP contribution in [-0.2, 0) is 6.18 Å². The molecule has 1 aliphatic carbocycles. The second-order valence-corrected chi connectivity index (χ2v) is 6.12. The number of hydrogen-bond donors (Lipinski definition) is 1. The van der Waals surface area contributed by atoms with Crippen molar-refractivity contribution in [2.24, 2.45) is 0 Å². The Morgan fingerprint density at radius 3 is 2.50 bits per heavy atom. The van der Waals surface area contributed by atoms with Gasteiger partial charge in [-0.2, -0.15) is 17.8 Å². The van der Waals surface area contributed by atoms with Crippen molar-refractivity contribution in [2.45, 2.75) is 43.8 Å². The molecule has 1 aromatic carbocycles. The van der Waals surface area contributed by atoms with E-state index in [-0.39, 0.29) is 16.6 Å². The van der Waals surface area contributed by atoms with E-state index in [0.717, 1.165) is 37.3 Å². The molecule has 2 rings (SSSR count). The van der Waals surface area contributed by atoms with Crippen molar-refractivity contribution in [2.75, 3.05) is 14.1 Å². The second kappa shape index (κ2) is 5.37. The topological polar surface area (TPSA) is 20.2 Å². The van der Waals surface area contributed by atoms with E-state index in [4.69, 9.17) is 0 Å². The summed E-state index contributed by atoms with van der Waals surface area (Å²) >= 11 is 0. The quantitative estimate of drug-likeness (QED) is 0.639. The monoisotopic (exact) mass is 288 g/mol. The summed E-state index contributed by atoms with van der Waals surface area (Å²) in [7, 11) is 3.44. The molecule has 112 valence electrons. The van der Waals surface area contributed by atoms with Gasteiger partial charge in [-0.25, -0.2) is 5.21 Å². The van der Waals surface area contributed by atoms with Crippen molar-refractivity contribution in [3.8, 4) is 0 Å². The van der Waals surface area contributed by atoms with Gasteiger partial charge in [0, 0.05) is 12.8 Å². The maximum atomic E-state index is 12.8. The highest BCUT2D eigenvalue weighted by Crippen LogP contribution is 2.38. The standard InChI is InChI=1S/C15H21F3NO/c1-19(2,20)14-8-4-6-12(10-14)11-5-3-7-13(9-11)15(16,17)18/h3,5,7,9,12,14,20H,4,6,8,10H2,1-2H3/q+1/t12?,14-/m1/s1. The van der Waals surface area contributed by atoms with Gasteiger partial charge < -0.3 is 0 Å². The highest BCUT2D eigenvalue weighted by atomic mass is 19.4. The van der Waals surface area contributed by atoms with Gasteiger partial charge in [-0.15, -0.1) is 0 Å². The van der Waals surface area contributed by atoms with Crippen LogP contribution in [-0.4, -0.2) is 30.0 Å². The molecular formula is C15H21F3NO+. The summed E-state index contributed by atoms with van der Waals surface area (Å²) in [4.78, 5) is 0. The van der Waals surface area contributed by atoms with E-state index in [2.05, 4.69) is 0 Å². The Bertz CT molecular complexity index is 465. The van der Waals surface area contributed by atoms with E-state index < -0.39 is 11.7 Å². The zero-order valence-electron chi connectivity index (χ0n) is 11.8. The van der Waals surface area contributed by atoms with Gasteiger partial charge in [-0.1, -0.05) is 18.2 Å². The van der Waals surface area contributed by atoms with E-state index in [1.165, 1.54) is 12.1 Å². The van der Waals surface area contributed by atoms with Crippen LogP contribution in [0.5, 0.6) is 0 Å². The molecule has 0 aromatic heterocycles. The van der Waals surface area contributed by atoms with Crippen LogP contribution in [0.1, 0.15) is 42.7 Å². The van der Waals surface area contributed by atoms with Crippen LogP contribution >= 0.6 is 0 Å². The van der Waals surface area contributed by atoms with Crippen LogP contribution in [0.2, 0.25) is 0 Å². The predicted octanol–water partition coefficient (Wildman–Crippen LogP) is 4.20. The predicted molar refractivity (Wildman–Crippen MR) is 70.3 cm³/mol.